The summed E-state index contributed by atoms with van der Waals surface area (Å²) >= 11 is 1.42. The molecule has 1 aliphatic rings. The summed E-state index contributed by atoms with van der Waals surface area (Å²) < 4.78 is 0. The van der Waals surface area contributed by atoms with Gasteiger partial charge in [-0.3, -0.25) is 10.1 Å². The summed E-state index contributed by atoms with van der Waals surface area (Å²) in [6.45, 7) is 1.90. The number of carbonyl (C=O) groups is 1. The highest BCUT2D eigenvalue weighted by Gasteiger charge is 2.20. The highest BCUT2D eigenvalue weighted by Crippen LogP contribution is 2.22. The van der Waals surface area contributed by atoms with Gasteiger partial charge in [-0.1, -0.05) is 0 Å². The SMILES string of the molecule is Cc1csc(NC(=O)c2ncnc3c2CCCC3)n1. The fraction of sp³-hybridized carbons (Fsp3) is 0.385. The second-order valence-corrected chi connectivity index (χ2v) is 5.46. The number of hydrogen-bond donors (Lipinski definition) is 1. The lowest BCUT2D eigenvalue weighted by Gasteiger charge is -2.16. The predicted octanol–water partition coefficient (Wildman–Crippen LogP) is 2.37. The van der Waals surface area contributed by atoms with Crippen molar-refractivity contribution >= 4 is 22.4 Å². The van der Waals surface area contributed by atoms with Crippen molar-refractivity contribution in [2.45, 2.75) is 32.6 Å². The molecule has 0 bridgehead atoms. The third-order valence-corrected chi connectivity index (χ3v) is 4.06. The highest BCUT2D eigenvalue weighted by atomic mass is 32.1. The van der Waals surface area contributed by atoms with Crippen LogP contribution in [0.5, 0.6) is 0 Å². The zero-order valence-electron chi connectivity index (χ0n) is 10.6. The molecule has 0 aromatic carbocycles. The van der Waals surface area contributed by atoms with E-state index in [0.29, 0.717) is 10.8 Å². The van der Waals surface area contributed by atoms with Crippen molar-refractivity contribution in [2.24, 2.45) is 0 Å². The molecule has 2 aromatic rings. The number of amides is 1. The van der Waals surface area contributed by atoms with E-state index in [2.05, 4.69) is 20.3 Å². The number of nitrogens with one attached hydrogen (secondary N) is 1. The molecule has 1 N–H and O–H groups in total. The minimum absolute atomic E-state index is 0.185. The van der Waals surface area contributed by atoms with E-state index in [1.165, 1.54) is 17.7 Å². The van der Waals surface area contributed by atoms with Gasteiger partial charge in [0, 0.05) is 16.6 Å². The van der Waals surface area contributed by atoms with Crippen LogP contribution in [0.1, 0.15) is 40.3 Å². The molecule has 6 heteroatoms. The molecule has 1 amide bonds. The van der Waals surface area contributed by atoms with Gasteiger partial charge in [-0.15, -0.1) is 11.3 Å². The van der Waals surface area contributed by atoms with Crippen molar-refractivity contribution in [3.63, 3.8) is 0 Å². The Balaban J connectivity index is 1.87. The van der Waals surface area contributed by atoms with E-state index in [-0.39, 0.29) is 5.91 Å². The number of nitrogens with zero attached hydrogens (tertiary/aromatic N) is 3. The number of thiazole rings is 1. The second-order valence-electron chi connectivity index (χ2n) is 4.60. The van der Waals surface area contributed by atoms with Crippen LogP contribution < -0.4 is 5.32 Å². The average Bonchev–Trinajstić information content (AvgIpc) is 2.83. The van der Waals surface area contributed by atoms with Gasteiger partial charge >= 0.3 is 0 Å². The first-order valence-corrected chi connectivity index (χ1v) is 7.18. The van der Waals surface area contributed by atoms with Gasteiger partial charge in [0.1, 0.15) is 12.0 Å². The maximum atomic E-state index is 12.3. The fourth-order valence-corrected chi connectivity index (χ4v) is 2.97. The van der Waals surface area contributed by atoms with Crippen LogP contribution in [0.15, 0.2) is 11.7 Å². The predicted molar refractivity (Wildman–Crippen MR) is 73.5 cm³/mol. The molecule has 3 rings (SSSR count). The standard InChI is InChI=1S/C13H14N4OS/c1-8-6-19-13(16-8)17-12(18)11-9-4-2-3-5-10(9)14-7-15-11/h6-7H,2-5H2,1H3,(H,16,17,18). The van der Waals surface area contributed by atoms with E-state index in [1.54, 1.807) is 0 Å². The summed E-state index contributed by atoms with van der Waals surface area (Å²) in [5.41, 5.74) is 3.42. The van der Waals surface area contributed by atoms with E-state index in [1.807, 2.05) is 12.3 Å². The number of anilines is 1. The molecular weight excluding hydrogens is 260 g/mol. The summed E-state index contributed by atoms with van der Waals surface area (Å²) in [4.78, 5) is 24.9. The lowest BCUT2D eigenvalue weighted by molar-refractivity contribution is 0.102. The highest BCUT2D eigenvalue weighted by molar-refractivity contribution is 7.13. The van der Waals surface area contributed by atoms with Crippen molar-refractivity contribution in [1.29, 1.82) is 0 Å². The van der Waals surface area contributed by atoms with E-state index in [0.717, 1.165) is 42.6 Å². The Bertz CT molecular complexity index is 623. The number of aromatic nitrogens is 3. The Labute approximate surface area is 115 Å². The smallest absolute Gasteiger partial charge is 0.276 e. The Morgan fingerprint density at radius 1 is 1.32 bits per heavy atom. The number of carbonyl (C=O) groups excluding carboxylic acids is 1. The molecule has 0 saturated heterocycles. The maximum Gasteiger partial charge on any atom is 0.276 e. The summed E-state index contributed by atoms with van der Waals surface area (Å²) in [7, 11) is 0. The normalized spacial score (nSPS) is 13.9. The van der Waals surface area contributed by atoms with Gasteiger partial charge < -0.3 is 0 Å². The van der Waals surface area contributed by atoms with E-state index in [4.69, 9.17) is 0 Å². The number of hydrogen-bond acceptors (Lipinski definition) is 5. The van der Waals surface area contributed by atoms with Crippen LogP contribution in [0.2, 0.25) is 0 Å². The second kappa shape index (κ2) is 5.05. The lowest BCUT2D eigenvalue weighted by atomic mass is 9.94. The van der Waals surface area contributed by atoms with Crippen molar-refractivity contribution in [3.8, 4) is 0 Å². The molecule has 5 nitrogen and oxygen atoms in total. The van der Waals surface area contributed by atoms with Crippen LogP contribution in [0, 0.1) is 6.92 Å². The molecule has 0 saturated carbocycles. The van der Waals surface area contributed by atoms with Crippen molar-refractivity contribution in [2.75, 3.05) is 5.32 Å². The minimum atomic E-state index is -0.185. The zero-order valence-corrected chi connectivity index (χ0v) is 11.5. The molecule has 0 aliphatic heterocycles. The minimum Gasteiger partial charge on any atom is -0.296 e. The zero-order chi connectivity index (χ0) is 13.2. The first-order valence-electron chi connectivity index (χ1n) is 6.30. The summed E-state index contributed by atoms with van der Waals surface area (Å²) in [6, 6.07) is 0. The van der Waals surface area contributed by atoms with Gasteiger partial charge in [0.2, 0.25) is 0 Å². The molecule has 0 spiro atoms. The number of fused-ring (bicyclic) bond motifs is 1. The number of aryl methyl sites for hydroxylation is 2. The maximum absolute atomic E-state index is 12.3. The molecular formula is C13H14N4OS. The molecule has 0 radical (unpaired) electrons. The van der Waals surface area contributed by atoms with Gasteiger partial charge in [-0.25, -0.2) is 15.0 Å². The largest absolute Gasteiger partial charge is 0.296 e. The molecule has 98 valence electrons. The third-order valence-electron chi connectivity index (χ3n) is 3.18. The summed E-state index contributed by atoms with van der Waals surface area (Å²) in [6.07, 6.45) is 5.53. The van der Waals surface area contributed by atoms with Crippen molar-refractivity contribution < 1.29 is 4.79 Å². The Hall–Kier alpha value is -1.82. The van der Waals surface area contributed by atoms with Crippen LogP contribution in [0.25, 0.3) is 0 Å². The topological polar surface area (TPSA) is 67.8 Å². The molecule has 0 fully saturated rings. The number of rotatable bonds is 2. The Morgan fingerprint density at radius 3 is 2.95 bits per heavy atom. The lowest BCUT2D eigenvalue weighted by Crippen LogP contribution is -2.19. The fourth-order valence-electron chi connectivity index (χ4n) is 2.28. The molecule has 0 unspecified atom stereocenters. The van der Waals surface area contributed by atoms with Crippen LogP contribution in [-0.2, 0) is 12.8 Å². The van der Waals surface area contributed by atoms with Crippen LogP contribution >= 0.6 is 11.3 Å². The van der Waals surface area contributed by atoms with Gasteiger partial charge in [0.05, 0.1) is 5.69 Å². The summed E-state index contributed by atoms with van der Waals surface area (Å²) in [5, 5.41) is 5.33. The van der Waals surface area contributed by atoms with E-state index >= 15 is 0 Å². The first kappa shape index (κ1) is 12.2. The third kappa shape index (κ3) is 2.49. The Morgan fingerprint density at radius 2 is 2.16 bits per heavy atom. The van der Waals surface area contributed by atoms with Crippen LogP contribution in [-0.4, -0.2) is 20.9 Å². The molecule has 2 heterocycles. The summed E-state index contributed by atoms with van der Waals surface area (Å²) in [5.74, 6) is -0.185. The Kier molecular flexibility index (Phi) is 3.25. The van der Waals surface area contributed by atoms with Crippen molar-refractivity contribution in [1.82, 2.24) is 15.0 Å². The van der Waals surface area contributed by atoms with E-state index < -0.39 is 0 Å². The molecule has 2 aromatic heterocycles. The average molecular weight is 274 g/mol. The molecule has 1 aliphatic carbocycles. The quantitative estimate of drug-likeness (QED) is 0.913. The van der Waals surface area contributed by atoms with Gasteiger partial charge in [-0.05, 0) is 32.6 Å². The molecule has 0 atom stereocenters. The van der Waals surface area contributed by atoms with Crippen molar-refractivity contribution in [3.05, 3.63) is 34.4 Å². The monoisotopic (exact) mass is 274 g/mol. The van der Waals surface area contributed by atoms with Crippen LogP contribution in [0.3, 0.4) is 0 Å². The van der Waals surface area contributed by atoms with E-state index in [9.17, 15) is 4.79 Å². The van der Waals surface area contributed by atoms with Crippen LogP contribution in [0.4, 0.5) is 5.13 Å². The van der Waals surface area contributed by atoms with Gasteiger partial charge in [-0.2, -0.15) is 0 Å². The first-order chi connectivity index (χ1) is 9.24. The molecule has 19 heavy (non-hydrogen) atoms. The van der Waals surface area contributed by atoms with Gasteiger partial charge in [0.25, 0.3) is 5.91 Å². The van der Waals surface area contributed by atoms with Gasteiger partial charge in [0.15, 0.2) is 5.13 Å².